The van der Waals surface area contributed by atoms with Crippen molar-refractivity contribution in [2.24, 2.45) is 11.8 Å². The van der Waals surface area contributed by atoms with E-state index in [1.54, 1.807) is 0 Å². The third-order valence-corrected chi connectivity index (χ3v) is 4.59. The largest absolute Gasteiger partial charge is 0.342 e. The maximum Gasteiger partial charge on any atom is 0.227 e. The van der Waals surface area contributed by atoms with Gasteiger partial charge in [-0.05, 0) is 62.8 Å². The highest BCUT2D eigenvalue weighted by Gasteiger charge is 2.35. The zero-order valence-corrected chi connectivity index (χ0v) is 13.4. The van der Waals surface area contributed by atoms with Crippen molar-refractivity contribution < 1.29 is 9.59 Å². The lowest BCUT2D eigenvalue weighted by atomic mass is 9.95. The number of nitrogens with one attached hydrogen (secondary N) is 1. The number of nitrogens with zero attached hydrogens (tertiary/aromatic N) is 1. The summed E-state index contributed by atoms with van der Waals surface area (Å²) in [5.74, 6) is 0.682. The molecular formula is C18H24N2O2. The van der Waals surface area contributed by atoms with Crippen LogP contribution in [0.25, 0.3) is 0 Å². The van der Waals surface area contributed by atoms with Gasteiger partial charge in [-0.1, -0.05) is 6.07 Å². The van der Waals surface area contributed by atoms with Gasteiger partial charge in [-0.15, -0.1) is 0 Å². The Balaban J connectivity index is 1.54. The van der Waals surface area contributed by atoms with Gasteiger partial charge in [-0.3, -0.25) is 9.59 Å². The van der Waals surface area contributed by atoms with Crippen LogP contribution in [0.5, 0.6) is 0 Å². The molecule has 3 rings (SSSR count). The van der Waals surface area contributed by atoms with Crippen molar-refractivity contribution in [1.29, 1.82) is 0 Å². The Hall–Kier alpha value is -1.84. The average molecular weight is 300 g/mol. The molecule has 0 unspecified atom stereocenters. The average Bonchev–Trinajstić information content (AvgIpc) is 3.30. The third kappa shape index (κ3) is 3.49. The number of hydrogen-bond donors (Lipinski definition) is 1. The van der Waals surface area contributed by atoms with Crippen LogP contribution >= 0.6 is 0 Å². The zero-order chi connectivity index (χ0) is 15.7. The van der Waals surface area contributed by atoms with E-state index >= 15 is 0 Å². The van der Waals surface area contributed by atoms with Crippen molar-refractivity contribution in [3.8, 4) is 0 Å². The summed E-state index contributed by atoms with van der Waals surface area (Å²) < 4.78 is 0. The fourth-order valence-corrected chi connectivity index (χ4v) is 3.24. The number of likely N-dealkylation sites (tertiary alicyclic amines) is 1. The lowest BCUT2D eigenvalue weighted by molar-refractivity contribution is -0.135. The lowest BCUT2D eigenvalue weighted by Crippen LogP contribution is -2.42. The summed E-state index contributed by atoms with van der Waals surface area (Å²) in [4.78, 5) is 26.4. The summed E-state index contributed by atoms with van der Waals surface area (Å²) in [6, 6.07) is 6.09. The Bertz CT molecular complexity index is 564. The first-order valence-electron chi connectivity index (χ1n) is 8.21. The molecule has 118 valence electrons. The summed E-state index contributed by atoms with van der Waals surface area (Å²) in [5.41, 5.74) is 3.18. The second-order valence-electron chi connectivity index (χ2n) is 6.74. The van der Waals surface area contributed by atoms with Crippen LogP contribution in [-0.4, -0.2) is 29.8 Å². The molecule has 1 heterocycles. The predicted octanol–water partition coefficient (Wildman–Crippen LogP) is 2.89. The van der Waals surface area contributed by atoms with Gasteiger partial charge in [-0.2, -0.15) is 0 Å². The van der Waals surface area contributed by atoms with Gasteiger partial charge >= 0.3 is 0 Å². The van der Waals surface area contributed by atoms with E-state index in [1.807, 2.05) is 30.9 Å². The molecule has 1 saturated carbocycles. The van der Waals surface area contributed by atoms with Gasteiger partial charge < -0.3 is 10.2 Å². The number of amides is 2. The minimum absolute atomic E-state index is 0.0177. The van der Waals surface area contributed by atoms with E-state index < -0.39 is 0 Å². The van der Waals surface area contributed by atoms with Crippen LogP contribution in [0.4, 0.5) is 5.69 Å². The Morgan fingerprint density at radius 2 is 1.55 bits per heavy atom. The van der Waals surface area contributed by atoms with Crippen LogP contribution < -0.4 is 5.32 Å². The van der Waals surface area contributed by atoms with E-state index in [4.69, 9.17) is 0 Å². The smallest absolute Gasteiger partial charge is 0.227 e. The third-order valence-electron chi connectivity index (χ3n) is 4.59. The van der Waals surface area contributed by atoms with E-state index in [1.165, 1.54) is 0 Å². The Kier molecular flexibility index (Phi) is 4.19. The van der Waals surface area contributed by atoms with Gasteiger partial charge in [0, 0.05) is 30.6 Å². The highest BCUT2D eigenvalue weighted by Crippen LogP contribution is 2.32. The van der Waals surface area contributed by atoms with Crippen molar-refractivity contribution in [2.75, 3.05) is 18.4 Å². The molecule has 0 radical (unpaired) electrons. The lowest BCUT2D eigenvalue weighted by Gasteiger charge is -2.31. The molecular weight excluding hydrogens is 276 g/mol. The molecule has 1 saturated heterocycles. The van der Waals surface area contributed by atoms with Crippen LogP contribution in [0, 0.1) is 25.7 Å². The van der Waals surface area contributed by atoms with Crippen molar-refractivity contribution in [2.45, 2.75) is 39.5 Å². The van der Waals surface area contributed by atoms with Crippen LogP contribution in [0.2, 0.25) is 0 Å². The summed E-state index contributed by atoms with van der Waals surface area (Å²) >= 11 is 0. The fraction of sp³-hybridized carbons (Fsp3) is 0.556. The predicted molar refractivity (Wildman–Crippen MR) is 86.6 cm³/mol. The maximum atomic E-state index is 12.4. The van der Waals surface area contributed by atoms with Gasteiger partial charge in [0.2, 0.25) is 11.8 Å². The molecule has 1 aromatic carbocycles. The number of aryl methyl sites for hydroxylation is 2. The van der Waals surface area contributed by atoms with Crippen molar-refractivity contribution in [1.82, 2.24) is 4.90 Å². The molecule has 22 heavy (non-hydrogen) atoms. The molecule has 2 fully saturated rings. The van der Waals surface area contributed by atoms with Crippen LogP contribution in [0.1, 0.15) is 36.8 Å². The number of anilines is 1. The first-order valence-corrected chi connectivity index (χ1v) is 8.21. The SMILES string of the molecule is Cc1cc(C)cc(NC(=O)C2CCN(C(=O)C3CC3)CC2)c1. The maximum absolute atomic E-state index is 12.4. The number of hydrogen-bond acceptors (Lipinski definition) is 2. The second-order valence-corrected chi connectivity index (χ2v) is 6.74. The van der Waals surface area contributed by atoms with Crippen LogP contribution in [-0.2, 0) is 9.59 Å². The molecule has 0 bridgehead atoms. The van der Waals surface area contributed by atoms with Gasteiger partial charge in [0.25, 0.3) is 0 Å². The number of carbonyl (C=O) groups excluding carboxylic acids is 2. The summed E-state index contributed by atoms with van der Waals surface area (Å²) in [6.07, 6.45) is 3.64. The van der Waals surface area contributed by atoms with Crippen LogP contribution in [0.15, 0.2) is 18.2 Å². The highest BCUT2D eigenvalue weighted by molar-refractivity contribution is 5.93. The molecule has 4 nitrogen and oxygen atoms in total. The van der Waals surface area contributed by atoms with Gasteiger partial charge in [0.05, 0.1) is 0 Å². The van der Waals surface area contributed by atoms with E-state index in [0.717, 1.165) is 55.6 Å². The van der Waals surface area contributed by atoms with E-state index in [2.05, 4.69) is 11.4 Å². The molecule has 1 aliphatic heterocycles. The first kappa shape index (κ1) is 15.1. The van der Waals surface area contributed by atoms with Gasteiger partial charge in [0.1, 0.15) is 0 Å². The molecule has 0 spiro atoms. The normalized spacial score (nSPS) is 19.1. The Morgan fingerprint density at radius 3 is 2.09 bits per heavy atom. The van der Waals surface area contributed by atoms with Crippen molar-refractivity contribution in [3.05, 3.63) is 29.3 Å². The van der Waals surface area contributed by atoms with Gasteiger partial charge in [-0.25, -0.2) is 0 Å². The van der Waals surface area contributed by atoms with Crippen molar-refractivity contribution >= 4 is 17.5 Å². The topological polar surface area (TPSA) is 49.4 Å². The molecule has 1 N–H and O–H groups in total. The molecule has 0 atom stereocenters. The second kappa shape index (κ2) is 6.11. The highest BCUT2D eigenvalue weighted by atomic mass is 16.2. The minimum Gasteiger partial charge on any atom is -0.342 e. The van der Waals surface area contributed by atoms with Crippen molar-refractivity contribution in [3.63, 3.8) is 0 Å². The quantitative estimate of drug-likeness (QED) is 0.933. The first-order chi connectivity index (χ1) is 10.5. The summed E-state index contributed by atoms with van der Waals surface area (Å²) in [7, 11) is 0. The minimum atomic E-state index is 0.0177. The summed E-state index contributed by atoms with van der Waals surface area (Å²) in [6.45, 7) is 5.51. The number of carbonyl (C=O) groups is 2. The van der Waals surface area contributed by atoms with E-state index in [9.17, 15) is 9.59 Å². The van der Waals surface area contributed by atoms with Crippen LogP contribution in [0.3, 0.4) is 0 Å². The standard InChI is InChI=1S/C18H24N2O2/c1-12-9-13(2)11-16(10-12)19-17(21)14-5-7-20(8-6-14)18(22)15-3-4-15/h9-11,14-15H,3-8H2,1-2H3,(H,19,21). The molecule has 0 aromatic heterocycles. The Labute approximate surface area is 131 Å². The molecule has 4 heteroatoms. The molecule has 2 amide bonds. The van der Waals surface area contributed by atoms with Gasteiger partial charge in [0.15, 0.2) is 0 Å². The summed E-state index contributed by atoms with van der Waals surface area (Å²) in [5, 5.41) is 3.03. The molecule has 2 aliphatic rings. The monoisotopic (exact) mass is 300 g/mol. The number of piperidine rings is 1. The van der Waals surface area contributed by atoms with E-state index in [-0.39, 0.29) is 17.7 Å². The Morgan fingerprint density at radius 1 is 0.955 bits per heavy atom. The number of benzene rings is 1. The van der Waals surface area contributed by atoms with E-state index in [0.29, 0.717) is 5.91 Å². The zero-order valence-electron chi connectivity index (χ0n) is 13.4. The fourth-order valence-electron chi connectivity index (χ4n) is 3.24. The molecule has 1 aliphatic carbocycles. The molecule has 1 aromatic rings. The number of rotatable bonds is 3.